The monoisotopic (exact) mass is 481 g/mol. The lowest BCUT2D eigenvalue weighted by Gasteiger charge is -2.34. The van der Waals surface area contributed by atoms with E-state index in [4.69, 9.17) is 17.2 Å². The first-order valence-electron chi connectivity index (χ1n) is 10.3. The fraction of sp³-hybridized carbons (Fsp3) is 0.455. The van der Waals surface area contributed by atoms with E-state index in [9.17, 15) is 22.8 Å². The van der Waals surface area contributed by atoms with Crippen molar-refractivity contribution in [3.05, 3.63) is 53.1 Å². The third-order valence-electron chi connectivity index (χ3n) is 5.59. The van der Waals surface area contributed by atoms with Crippen LogP contribution in [0.2, 0.25) is 0 Å². The molecule has 1 fully saturated rings. The van der Waals surface area contributed by atoms with Crippen molar-refractivity contribution >= 4 is 17.8 Å². The summed E-state index contributed by atoms with van der Waals surface area (Å²) in [5.74, 6) is -2.16. The summed E-state index contributed by atoms with van der Waals surface area (Å²) in [7, 11) is 1.81. The molecule has 12 heteroatoms. The second kappa shape index (κ2) is 10.7. The number of benzene rings is 1. The molecular formula is C22H30F3N7O2. The van der Waals surface area contributed by atoms with E-state index in [0.29, 0.717) is 18.5 Å². The number of amides is 2. The van der Waals surface area contributed by atoms with Crippen LogP contribution in [0.3, 0.4) is 0 Å². The van der Waals surface area contributed by atoms with E-state index in [2.05, 4.69) is 9.98 Å². The van der Waals surface area contributed by atoms with Crippen molar-refractivity contribution in [1.82, 2.24) is 14.5 Å². The highest BCUT2D eigenvalue weighted by molar-refractivity contribution is 6.02. The van der Waals surface area contributed by atoms with Gasteiger partial charge < -0.3 is 26.7 Å². The molecule has 0 spiro atoms. The van der Waals surface area contributed by atoms with Gasteiger partial charge in [-0.15, -0.1) is 0 Å². The molecule has 1 aromatic carbocycles. The minimum absolute atomic E-state index is 0. The SMILES string of the molecule is C.Cn1cnc(C[C@@H](N)C(=O)N2CCC(c3ccc(C(=O)N=C(N)N)cc3C(F)(F)F)CC2)c1. The average Bonchev–Trinajstić information content (AvgIpc) is 3.16. The lowest BCUT2D eigenvalue weighted by atomic mass is 9.85. The molecule has 1 atom stereocenters. The molecule has 6 N–H and O–H groups in total. The van der Waals surface area contributed by atoms with E-state index >= 15 is 0 Å². The largest absolute Gasteiger partial charge is 0.416 e. The van der Waals surface area contributed by atoms with Gasteiger partial charge in [-0.1, -0.05) is 13.5 Å². The van der Waals surface area contributed by atoms with Crippen molar-refractivity contribution in [2.75, 3.05) is 13.1 Å². The van der Waals surface area contributed by atoms with Crippen LogP contribution in [0.1, 0.15) is 53.4 Å². The first-order valence-corrected chi connectivity index (χ1v) is 10.3. The maximum atomic E-state index is 13.7. The summed E-state index contributed by atoms with van der Waals surface area (Å²) in [5, 5.41) is 0. The van der Waals surface area contributed by atoms with Crippen LogP contribution in [-0.2, 0) is 24.4 Å². The predicted molar refractivity (Wildman–Crippen MR) is 122 cm³/mol. The lowest BCUT2D eigenvalue weighted by Crippen LogP contribution is -2.47. The molecule has 0 saturated carbocycles. The summed E-state index contributed by atoms with van der Waals surface area (Å²) in [6.07, 6.45) is -0.310. The number of likely N-dealkylation sites (tertiary alicyclic amines) is 1. The zero-order chi connectivity index (χ0) is 24.3. The van der Waals surface area contributed by atoms with Crippen LogP contribution in [0.15, 0.2) is 35.7 Å². The fourth-order valence-corrected chi connectivity index (χ4v) is 4.00. The van der Waals surface area contributed by atoms with Crippen LogP contribution in [0.4, 0.5) is 13.2 Å². The second-order valence-electron chi connectivity index (χ2n) is 8.08. The van der Waals surface area contributed by atoms with E-state index in [1.165, 1.54) is 12.1 Å². The third kappa shape index (κ3) is 6.34. The van der Waals surface area contributed by atoms with Crippen LogP contribution in [0.5, 0.6) is 0 Å². The molecule has 1 aliphatic heterocycles. The number of halogens is 3. The highest BCUT2D eigenvalue weighted by Crippen LogP contribution is 2.39. The number of nitrogens with zero attached hydrogens (tertiary/aromatic N) is 4. The Balaban J connectivity index is 0.00000408. The molecule has 0 bridgehead atoms. The normalized spacial score (nSPS) is 15.4. The highest BCUT2D eigenvalue weighted by Gasteiger charge is 2.37. The van der Waals surface area contributed by atoms with Crippen molar-refractivity contribution in [1.29, 1.82) is 0 Å². The maximum absolute atomic E-state index is 13.7. The van der Waals surface area contributed by atoms with Gasteiger partial charge in [0.25, 0.3) is 5.91 Å². The van der Waals surface area contributed by atoms with Crippen LogP contribution in [0.25, 0.3) is 0 Å². The number of aromatic nitrogens is 2. The number of nitrogens with two attached hydrogens (primary N) is 3. The van der Waals surface area contributed by atoms with E-state index in [-0.39, 0.29) is 44.0 Å². The van der Waals surface area contributed by atoms with Crippen LogP contribution >= 0.6 is 0 Å². The molecule has 3 rings (SSSR count). The van der Waals surface area contributed by atoms with Crippen molar-refractivity contribution in [3.63, 3.8) is 0 Å². The Morgan fingerprint density at radius 3 is 2.41 bits per heavy atom. The van der Waals surface area contributed by atoms with Gasteiger partial charge in [-0.3, -0.25) is 9.59 Å². The van der Waals surface area contributed by atoms with E-state index < -0.39 is 35.6 Å². The number of carbonyl (C=O) groups is 2. The Morgan fingerprint density at radius 1 is 1.24 bits per heavy atom. The fourth-order valence-electron chi connectivity index (χ4n) is 4.00. The number of aliphatic imine (C=N–C) groups is 1. The Morgan fingerprint density at radius 2 is 1.88 bits per heavy atom. The van der Waals surface area contributed by atoms with Crippen LogP contribution in [0, 0.1) is 0 Å². The number of guanidine groups is 1. The van der Waals surface area contributed by atoms with Gasteiger partial charge in [-0.2, -0.15) is 18.2 Å². The maximum Gasteiger partial charge on any atom is 0.416 e. The molecule has 1 aromatic heterocycles. The number of aryl methyl sites for hydroxylation is 1. The van der Waals surface area contributed by atoms with Gasteiger partial charge in [0.05, 0.1) is 23.6 Å². The Kier molecular flexibility index (Phi) is 8.43. The second-order valence-corrected chi connectivity index (χ2v) is 8.08. The summed E-state index contributed by atoms with van der Waals surface area (Å²) in [4.78, 5) is 33.7. The summed E-state index contributed by atoms with van der Waals surface area (Å²) in [5.41, 5.74) is 15.9. The number of carbonyl (C=O) groups excluding carboxylic acids is 2. The summed E-state index contributed by atoms with van der Waals surface area (Å²) in [6.45, 7) is 0.566. The Bertz CT molecular complexity index is 1050. The molecule has 0 aliphatic carbocycles. The van der Waals surface area contributed by atoms with Gasteiger partial charge in [0.15, 0.2) is 5.96 Å². The first kappa shape index (κ1) is 26.8. The van der Waals surface area contributed by atoms with Gasteiger partial charge in [0.1, 0.15) is 0 Å². The van der Waals surface area contributed by atoms with Crippen LogP contribution < -0.4 is 17.2 Å². The number of piperidine rings is 1. The molecule has 0 unspecified atom stereocenters. The minimum atomic E-state index is -4.67. The molecule has 0 radical (unpaired) electrons. The minimum Gasteiger partial charge on any atom is -0.370 e. The summed E-state index contributed by atoms with van der Waals surface area (Å²) >= 11 is 0. The highest BCUT2D eigenvalue weighted by atomic mass is 19.4. The quantitative estimate of drug-likeness (QED) is 0.438. The molecular weight excluding hydrogens is 451 g/mol. The van der Waals surface area contributed by atoms with Crippen molar-refractivity contribution in [3.8, 4) is 0 Å². The van der Waals surface area contributed by atoms with Gasteiger partial charge in [-0.05, 0) is 36.5 Å². The zero-order valence-corrected chi connectivity index (χ0v) is 18.0. The molecule has 2 heterocycles. The van der Waals surface area contributed by atoms with Gasteiger partial charge in [0, 0.05) is 38.3 Å². The summed E-state index contributed by atoms with van der Waals surface area (Å²) < 4.78 is 43.0. The summed E-state index contributed by atoms with van der Waals surface area (Å²) in [6, 6.07) is 2.56. The lowest BCUT2D eigenvalue weighted by molar-refractivity contribution is -0.139. The smallest absolute Gasteiger partial charge is 0.370 e. The number of rotatable bonds is 5. The van der Waals surface area contributed by atoms with E-state index in [1.54, 1.807) is 22.0 Å². The van der Waals surface area contributed by atoms with Crippen molar-refractivity contribution < 1.29 is 22.8 Å². The molecule has 1 aliphatic rings. The standard InChI is InChI=1S/C21H26F3N7O2.CH4/c1-30-10-14(28-11-30)9-17(25)19(33)31-6-4-12(5-7-31)15-3-2-13(18(32)29-20(26)27)8-16(15)21(22,23)24;/h2-3,8,10-12,17H,4-7,9,25H2,1H3,(H4,26,27,29,32);1H4/t17-;/m1./s1. The first-order chi connectivity index (χ1) is 15.5. The van der Waals surface area contributed by atoms with Crippen molar-refractivity contribution in [2.45, 2.75) is 44.8 Å². The number of imidazole rings is 1. The third-order valence-corrected chi connectivity index (χ3v) is 5.59. The predicted octanol–water partition coefficient (Wildman–Crippen LogP) is 1.76. The molecule has 9 nitrogen and oxygen atoms in total. The van der Waals surface area contributed by atoms with Crippen LogP contribution in [-0.4, -0.2) is 51.4 Å². The number of hydrogen-bond acceptors (Lipinski definition) is 4. The van der Waals surface area contributed by atoms with Gasteiger partial charge >= 0.3 is 6.18 Å². The van der Waals surface area contributed by atoms with Gasteiger partial charge in [-0.25, -0.2) is 4.98 Å². The molecule has 2 aromatic rings. The molecule has 2 amide bonds. The zero-order valence-electron chi connectivity index (χ0n) is 18.0. The van der Waals surface area contributed by atoms with E-state index in [0.717, 1.165) is 6.07 Å². The van der Waals surface area contributed by atoms with E-state index in [1.807, 2.05) is 7.05 Å². The Hall–Kier alpha value is -3.41. The molecule has 186 valence electrons. The van der Waals surface area contributed by atoms with Crippen molar-refractivity contribution in [2.24, 2.45) is 29.2 Å². The number of alkyl halides is 3. The molecule has 34 heavy (non-hydrogen) atoms. The number of hydrogen-bond donors (Lipinski definition) is 3. The average molecular weight is 482 g/mol. The van der Waals surface area contributed by atoms with Gasteiger partial charge in [0.2, 0.25) is 5.91 Å². The Labute approximate surface area is 195 Å². The molecule has 1 saturated heterocycles. The topological polar surface area (TPSA) is 146 Å².